The highest BCUT2D eigenvalue weighted by molar-refractivity contribution is 6.32. The summed E-state index contributed by atoms with van der Waals surface area (Å²) in [5.74, 6) is 0.369. The molecule has 0 radical (unpaired) electrons. The molecular weight excluding hydrogens is 310 g/mol. The number of carbonyl (C=O) groups excluding carboxylic acids is 1. The molecule has 0 aliphatic heterocycles. The van der Waals surface area contributed by atoms with Crippen molar-refractivity contribution in [2.75, 3.05) is 13.7 Å². The third-order valence-corrected chi connectivity index (χ3v) is 3.19. The number of Topliss-reactive ketones (excluding diaryl/α,β-unsaturated/α-hetero) is 1. The van der Waals surface area contributed by atoms with Gasteiger partial charge >= 0.3 is 0 Å². The maximum absolute atomic E-state index is 12.1. The lowest BCUT2D eigenvalue weighted by atomic mass is 10.1. The summed E-state index contributed by atoms with van der Waals surface area (Å²) in [5.41, 5.74) is 0.247. The molecule has 0 amide bonds. The summed E-state index contributed by atoms with van der Waals surface area (Å²) in [6.07, 6.45) is 0. The largest absolute Gasteiger partial charge is 0.496 e. The van der Waals surface area contributed by atoms with Gasteiger partial charge in [0, 0.05) is 12.1 Å². The summed E-state index contributed by atoms with van der Waals surface area (Å²) in [7, 11) is 1.47. The number of hydrogen-bond donors (Lipinski definition) is 0. The molecule has 0 heterocycles. The SMILES string of the molecule is COc1ccccc1C(=O)COc1ccc([N+](=O)[O-])cc1Cl. The van der Waals surface area contributed by atoms with Gasteiger partial charge in [0.2, 0.25) is 5.78 Å². The number of methoxy groups -OCH3 is 1. The maximum Gasteiger partial charge on any atom is 0.271 e. The van der Waals surface area contributed by atoms with E-state index in [-0.39, 0.29) is 28.8 Å². The Bertz CT molecular complexity index is 717. The van der Waals surface area contributed by atoms with Crippen LogP contribution in [0.3, 0.4) is 0 Å². The van der Waals surface area contributed by atoms with Gasteiger partial charge in [-0.3, -0.25) is 14.9 Å². The van der Waals surface area contributed by atoms with Gasteiger partial charge in [-0.1, -0.05) is 23.7 Å². The Morgan fingerprint density at radius 3 is 2.59 bits per heavy atom. The molecule has 114 valence electrons. The summed E-state index contributed by atoms with van der Waals surface area (Å²) in [5, 5.41) is 10.7. The number of nitrogens with zero attached hydrogens (tertiary/aromatic N) is 1. The Hall–Kier alpha value is -2.60. The summed E-state index contributed by atoms with van der Waals surface area (Å²) in [6, 6.07) is 10.6. The highest BCUT2D eigenvalue weighted by Crippen LogP contribution is 2.29. The van der Waals surface area contributed by atoms with Crippen molar-refractivity contribution in [3.63, 3.8) is 0 Å². The van der Waals surface area contributed by atoms with Crippen LogP contribution in [-0.2, 0) is 0 Å². The first kappa shape index (κ1) is 15.8. The van der Waals surface area contributed by atoms with Crippen LogP contribution in [0.4, 0.5) is 5.69 Å². The highest BCUT2D eigenvalue weighted by atomic mass is 35.5. The van der Waals surface area contributed by atoms with Crippen molar-refractivity contribution < 1.29 is 19.2 Å². The quantitative estimate of drug-likeness (QED) is 0.462. The Labute approximate surface area is 131 Å². The fourth-order valence-corrected chi connectivity index (χ4v) is 2.05. The molecule has 2 aromatic rings. The number of hydrogen-bond acceptors (Lipinski definition) is 5. The molecule has 0 bridgehead atoms. The van der Waals surface area contributed by atoms with Crippen molar-refractivity contribution in [3.05, 3.63) is 63.2 Å². The Morgan fingerprint density at radius 1 is 1.23 bits per heavy atom. The fourth-order valence-electron chi connectivity index (χ4n) is 1.82. The summed E-state index contributed by atoms with van der Waals surface area (Å²) in [4.78, 5) is 22.2. The number of carbonyl (C=O) groups is 1. The lowest BCUT2D eigenvalue weighted by molar-refractivity contribution is -0.384. The van der Waals surface area contributed by atoms with E-state index in [0.717, 1.165) is 0 Å². The standard InChI is InChI=1S/C15H12ClNO5/c1-21-14-5-3-2-4-11(14)13(18)9-22-15-7-6-10(17(19)20)8-12(15)16/h2-8H,9H2,1H3. The first-order chi connectivity index (χ1) is 10.5. The van der Waals surface area contributed by atoms with Crippen molar-refractivity contribution in [1.29, 1.82) is 0 Å². The van der Waals surface area contributed by atoms with Crippen molar-refractivity contribution >= 4 is 23.1 Å². The van der Waals surface area contributed by atoms with Gasteiger partial charge in [0.25, 0.3) is 5.69 Å². The van der Waals surface area contributed by atoms with Gasteiger partial charge in [0.05, 0.1) is 22.6 Å². The van der Waals surface area contributed by atoms with E-state index in [1.165, 1.54) is 25.3 Å². The molecular formula is C15H12ClNO5. The van der Waals surface area contributed by atoms with Crippen LogP contribution in [0.25, 0.3) is 0 Å². The van der Waals surface area contributed by atoms with E-state index in [9.17, 15) is 14.9 Å². The van der Waals surface area contributed by atoms with Crippen molar-refractivity contribution in [2.24, 2.45) is 0 Å². The van der Waals surface area contributed by atoms with Crippen LogP contribution >= 0.6 is 11.6 Å². The third kappa shape index (κ3) is 3.53. The minimum Gasteiger partial charge on any atom is -0.496 e. The van der Waals surface area contributed by atoms with Gasteiger partial charge in [-0.25, -0.2) is 0 Å². The number of ether oxygens (including phenoxy) is 2. The molecule has 0 aliphatic rings. The molecule has 0 spiro atoms. The van der Waals surface area contributed by atoms with Gasteiger partial charge in [-0.15, -0.1) is 0 Å². The Kier molecular flexibility index (Phi) is 4.95. The van der Waals surface area contributed by atoms with Crippen LogP contribution in [0.1, 0.15) is 10.4 Å². The minimum atomic E-state index is -0.560. The molecule has 0 unspecified atom stereocenters. The van der Waals surface area contributed by atoms with E-state index in [4.69, 9.17) is 21.1 Å². The number of para-hydroxylation sites is 1. The monoisotopic (exact) mass is 321 g/mol. The van der Waals surface area contributed by atoms with Crippen LogP contribution in [0.2, 0.25) is 5.02 Å². The lowest BCUT2D eigenvalue weighted by Crippen LogP contribution is -2.13. The Balaban J connectivity index is 2.10. The van der Waals surface area contributed by atoms with Crippen LogP contribution in [0.5, 0.6) is 11.5 Å². The van der Waals surface area contributed by atoms with Crippen molar-refractivity contribution in [3.8, 4) is 11.5 Å². The molecule has 6 nitrogen and oxygen atoms in total. The van der Waals surface area contributed by atoms with Gasteiger partial charge in [0.15, 0.2) is 6.61 Å². The maximum atomic E-state index is 12.1. The zero-order chi connectivity index (χ0) is 16.1. The normalized spacial score (nSPS) is 10.1. The van der Waals surface area contributed by atoms with Crippen molar-refractivity contribution in [1.82, 2.24) is 0 Å². The van der Waals surface area contributed by atoms with E-state index in [1.807, 2.05) is 0 Å². The van der Waals surface area contributed by atoms with Gasteiger partial charge in [-0.05, 0) is 18.2 Å². The van der Waals surface area contributed by atoms with Gasteiger partial charge in [-0.2, -0.15) is 0 Å². The van der Waals surface area contributed by atoms with E-state index in [2.05, 4.69) is 0 Å². The van der Waals surface area contributed by atoms with Crippen LogP contribution in [-0.4, -0.2) is 24.4 Å². The molecule has 2 aromatic carbocycles. The fraction of sp³-hybridized carbons (Fsp3) is 0.133. The number of nitro benzene ring substituents is 1. The van der Waals surface area contributed by atoms with E-state index in [0.29, 0.717) is 11.3 Å². The lowest BCUT2D eigenvalue weighted by Gasteiger charge is -2.09. The predicted molar refractivity (Wildman–Crippen MR) is 80.9 cm³/mol. The number of non-ortho nitro benzene ring substituents is 1. The number of halogens is 1. The molecule has 7 heteroatoms. The number of benzene rings is 2. The molecule has 22 heavy (non-hydrogen) atoms. The molecule has 0 fully saturated rings. The second kappa shape index (κ2) is 6.91. The predicted octanol–water partition coefficient (Wildman–Crippen LogP) is 3.52. The number of ketones is 1. The van der Waals surface area contributed by atoms with E-state index >= 15 is 0 Å². The van der Waals surface area contributed by atoms with Gasteiger partial charge in [0.1, 0.15) is 11.5 Å². The molecule has 0 N–H and O–H groups in total. The average Bonchev–Trinajstić information content (AvgIpc) is 2.53. The molecule has 2 rings (SSSR count). The molecule has 0 saturated heterocycles. The third-order valence-electron chi connectivity index (χ3n) is 2.89. The molecule has 0 aliphatic carbocycles. The summed E-state index contributed by atoms with van der Waals surface area (Å²) in [6.45, 7) is -0.252. The first-order valence-corrected chi connectivity index (χ1v) is 6.63. The second-order valence-corrected chi connectivity index (χ2v) is 4.69. The van der Waals surface area contributed by atoms with Crippen LogP contribution < -0.4 is 9.47 Å². The van der Waals surface area contributed by atoms with Gasteiger partial charge < -0.3 is 9.47 Å². The Morgan fingerprint density at radius 2 is 1.95 bits per heavy atom. The average molecular weight is 322 g/mol. The van der Waals surface area contributed by atoms with Crippen LogP contribution in [0, 0.1) is 10.1 Å². The zero-order valence-electron chi connectivity index (χ0n) is 11.6. The summed E-state index contributed by atoms with van der Waals surface area (Å²) >= 11 is 5.90. The molecule has 0 atom stereocenters. The van der Waals surface area contributed by atoms with Crippen molar-refractivity contribution in [2.45, 2.75) is 0 Å². The number of rotatable bonds is 6. The summed E-state index contributed by atoms with van der Waals surface area (Å²) < 4.78 is 10.4. The highest BCUT2D eigenvalue weighted by Gasteiger charge is 2.14. The van der Waals surface area contributed by atoms with E-state index < -0.39 is 4.92 Å². The topological polar surface area (TPSA) is 78.7 Å². The van der Waals surface area contributed by atoms with E-state index in [1.54, 1.807) is 24.3 Å². The smallest absolute Gasteiger partial charge is 0.271 e. The second-order valence-electron chi connectivity index (χ2n) is 4.28. The molecule has 0 saturated carbocycles. The minimum absolute atomic E-state index is 0.0713. The zero-order valence-corrected chi connectivity index (χ0v) is 12.4. The number of nitro groups is 1. The first-order valence-electron chi connectivity index (χ1n) is 6.26. The molecule has 0 aromatic heterocycles. The van der Waals surface area contributed by atoms with Crippen LogP contribution in [0.15, 0.2) is 42.5 Å².